The summed E-state index contributed by atoms with van der Waals surface area (Å²) >= 11 is 0. The molecule has 4 rings (SSSR count). The normalized spacial score (nSPS) is 20.2. The SMILES string of the molecule is O=C([C@@H]1CC=CCC1)N1CCN(C(c2ccc(F)cc2)c2ccc(F)cc2)CC1. The van der Waals surface area contributed by atoms with Crippen LogP contribution in [0.4, 0.5) is 8.78 Å². The fourth-order valence-electron chi connectivity index (χ4n) is 4.38. The predicted octanol–water partition coefficient (Wildman–Crippen LogP) is 4.55. The van der Waals surface area contributed by atoms with Crippen LogP contribution in [0.15, 0.2) is 60.7 Å². The van der Waals surface area contributed by atoms with Crippen molar-refractivity contribution < 1.29 is 13.6 Å². The van der Waals surface area contributed by atoms with Gasteiger partial charge in [-0.1, -0.05) is 36.4 Å². The van der Waals surface area contributed by atoms with E-state index in [2.05, 4.69) is 17.1 Å². The average molecular weight is 396 g/mol. The first-order valence-electron chi connectivity index (χ1n) is 10.3. The molecule has 0 aromatic heterocycles. The van der Waals surface area contributed by atoms with Crippen molar-refractivity contribution in [1.29, 1.82) is 0 Å². The van der Waals surface area contributed by atoms with Gasteiger partial charge in [-0.25, -0.2) is 8.78 Å². The average Bonchev–Trinajstić information content (AvgIpc) is 2.77. The van der Waals surface area contributed by atoms with Crippen LogP contribution in [0.25, 0.3) is 0 Å². The largest absolute Gasteiger partial charge is 0.340 e. The number of hydrogen-bond donors (Lipinski definition) is 0. The number of benzene rings is 2. The molecule has 0 radical (unpaired) electrons. The Kier molecular flexibility index (Phi) is 6.05. The molecular weight excluding hydrogens is 370 g/mol. The molecule has 0 unspecified atom stereocenters. The van der Waals surface area contributed by atoms with E-state index in [9.17, 15) is 13.6 Å². The summed E-state index contributed by atoms with van der Waals surface area (Å²) in [5.74, 6) is -0.183. The summed E-state index contributed by atoms with van der Waals surface area (Å²) in [7, 11) is 0. The number of rotatable bonds is 4. The van der Waals surface area contributed by atoms with E-state index in [0.29, 0.717) is 13.1 Å². The van der Waals surface area contributed by atoms with Gasteiger partial charge in [0, 0.05) is 32.1 Å². The highest BCUT2D eigenvalue weighted by Crippen LogP contribution is 2.30. The lowest BCUT2D eigenvalue weighted by Gasteiger charge is -2.41. The van der Waals surface area contributed by atoms with Gasteiger partial charge in [0.05, 0.1) is 6.04 Å². The van der Waals surface area contributed by atoms with Crippen molar-refractivity contribution in [3.63, 3.8) is 0 Å². The van der Waals surface area contributed by atoms with Gasteiger partial charge in [0.25, 0.3) is 0 Å². The highest BCUT2D eigenvalue weighted by molar-refractivity contribution is 5.79. The third-order valence-corrected chi connectivity index (χ3v) is 5.98. The van der Waals surface area contributed by atoms with E-state index in [0.717, 1.165) is 43.5 Å². The Morgan fingerprint density at radius 3 is 1.86 bits per heavy atom. The van der Waals surface area contributed by atoms with E-state index < -0.39 is 0 Å². The second kappa shape index (κ2) is 8.87. The molecule has 1 aliphatic heterocycles. The molecule has 2 aromatic rings. The Bertz CT molecular complexity index is 810. The van der Waals surface area contributed by atoms with Gasteiger partial charge in [-0.15, -0.1) is 0 Å². The molecule has 29 heavy (non-hydrogen) atoms. The Labute approximate surface area is 170 Å². The first-order valence-corrected chi connectivity index (χ1v) is 10.3. The number of carbonyl (C=O) groups excluding carboxylic acids is 1. The minimum atomic E-state index is -0.274. The van der Waals surface area contributed by atoms with E-state index in [-0.39, 0.29) is 29.5 Å². The highest BCUT2D eigenvalue weighted by Gasteiger charge is 2.31. The summed E-state index contributed by atoms with van der Waals surface area (Å²) in [5, 5.41) is 0. The maximum absolute atomic E-state index is 13.5. The Morgan fingerprint density at radius 2 is 1.38 bits per heavy atom. The number of allylic oxidation sites excluding steroid dienone is 2. The zero-order valence-corrected chi connectivity index (χ0v) is 16.4. The van der Waals surface area contributed by atoms with Crippen LogP contribution >= 0.6 is 0 Å². The molecule has 1 amide bonds. The summed E-state index contributed by atoms with van der Waals surface area (Å²) in [5.41, 5.74) is 1.94. The van der Waals surface area contributed by atoms with Gasteiger partial charge >= 0.3 is 0 Å². The lowest BCUT2D eigenvalue weighted by Crippen LogP contribution is -2.51. The lowest BCUT2D eigenvalue weighted by atomic mass is 9.92. The molecule has 5 heteroatoms. The van der Waals surface area contributed by atoms with Gasteiger partial charge in [0.2, 0.25) is 5.91 Å². The van der Waals surface area contributed by atoms with Gasteiger partial charge in [-0.2, -0.15) is 0 Å². The summed E-state index contributed by atoms with van der Waals surface area (Å²) in [6.07, 6.45) is 7.02. The van der Waals surface area contributed by atoms with E-state index in [1.54, 1.807) is 24.3 Å². The van der Waals surface area contributed by atoms with Crippen molar-refractivity contribution in [1.82, 2.24) is 9.80 Å². The van der Waals surface area contributed by atoms with Crippen molar-refractivity contribution in [2.45, 2.75) is 25.3 Å². The maximum atomic E-state index is 13.5. The third kappa shape index (κ3) is 4.56. The quantitative estimate of drug-likeness (QED) is 0.708. The number of piperazine rings is 1. The van der Waals surface area contributed by atoms with Gasteiger partial charge in [0.15, 0.2) is 0 Å². The van der Waals surface area contributed by atoms with E-state index >= 15 is 0 Å². The monoisotopic (exact) mass is 396 g/mol. The van der Waals surface area contributed by atoms with Crippen LogP contribution in [0.5, 0.6) is 0 Å². The van der Waals surface area contributed by atoms with Crippen LogP contribution in [0.2, 0.25) is 0 Å². The topological polar surface area (TPSA) is 23.6 Å². The first-order chi connectivity index (χ1) is 14.1. The third-order valence-electron chi connectivity index (χ3n) is 5.98. The molecule has 1 fully saturated rings. The fraction of sp³-hybridized carbons (Fsp3) is 0.375. The molecule has 1 atom stereocenters. The summed E-state index contributed by atoms with van der Waals surface area (Å²) in [4.78, 5) is 17.1. The first kappa shape index (κ1) is 19.8. The number of nitrogens with zero attached hydrogens (tertiary/aromatic N) is 2. The second-order valence-corrected chi connectivity index (χ2v) is 7.85. The van der Waals surface area contributed by atoms with Gasteiger partial charge in [-0.3, -0.25) is 9.69 Å². The molecule has 0 saturated carbocycles. The van der Waals surface area contributed by atoms with Gasteiger partial charge in [0.1, 0.15) is 11.6 Å². The number of amides is 1. The molecule has 0 N–H and O–H groups in total. The van der Waals surface area contributed by atoms with Crippen molar-refractivity contribution >= 4 is 5.91 Å². The minimum absolute atomic E-state index is 0.0916. The number of carbonyl (C=O) groups is 1. The number of halogens is 2. The Balaban J connectivity index is 1.50. The summed E-state index contributed by atoms with van der Waals surface area (Å²) in [6.45, 7) is 2.82. The van der Waals surface area contributed by atoms with Gasteiger partial charge in [-0.05, 0) is 54.7 Å². The van der Waals surface area contributed by atoms with Crippen LogP contribution in [0.1, 0.15) is 36.4 Å². The smallest absolute Gasteiger partial charge is 0.226 e. The van der Waals surface area contributed by atoms with Crippen LogP contribution in [-0.4, -0.2) is 41.9 Å². The Morgan fingerprint density at radius 1 is 0.828 bits per heavy atom. The van der Waals surface area contributed by atoms with Crippen molar-refractivity contribution in [2.24, 2.45) is 5.92 Å². The standard InChI is InChI=1S/C24H26F2N2O/c25-21-10-6-18(7-11-21)23(19-8-12-22(26)13-9-19)27-14-16-28(17-15-27)24(29)20-4-2-1-3-5-20/h1-2,6-13,20,23H,3-5,14-17H2/t20-/m1/s1. The molecule has 152 valence electrons. The van der Waals surface area contributed by atoms with Crippen LogP contribution < -0.4 is 0 Å². The molecule has 0 spiro atoms. The van der Waals surface area contributed by atoms with Crippen LogP contribution in [-0.2, 0) is 4.79 Å². The lowest BCUT2D eigenvalue weighted by molar-refractivity contribution is -0.137. The second-order valence-electron chi connectivity index (χ2n) is 7.85. The molecule has 0 bridgehead atoms. The predicted molar refractivity (Wildman–Crippen MR) is 109 cm³/mol. The molecule has 1 heterocycles. The summed E-state index contributed by atoms with van der Waals surface area (Å²) < 4.78 is 26.9. The zero-order chi connectivity index (χ0) is 20.2. The van der Waals surface area contributed by atoms with Crippen molar-refractivity contribution in [3.8, 4) is 0 Å². The summed E-state index contributed by atoms with van der Waals surface area (Å²) in [6, 6.07) is 12.9. The molecular formula is C24H26F2N2O. The molecule has 2 aliphatic rings. The van der Waals surface area contributed by atoms with E-state index in [1.165, 1.54) is 24.3 Å². The van der Waals surface area contributed by atoms with Crippen LogP contribution in [0, 0.1) is 17.6 Å². The van der Waals surface area contributed by atoms with E-state index in [4.69, 9.17) is 0 Å². The number of hydrogen-bond acceptors (Lipinski definition) is 2. The molecule has 3 nitrogen and oxygen atoms in total. The minimum Gasteiger partial charge on any atom is -0.340 e. The van der Waals surface area contributed by atoms with E-state index in [1.807, 2.05) is 4.90 Å². The highest BCUT2D eigenvalue weighted by atomic mass is 19.1. The molecule has 2 aromatic carbocycles. The van der Waals surface area contributed by atoms with Crippen LogP contribution in [0.3, 0.4) is 0 Å². The fourth-order valence-corrected chi connectivity index (χ4v) is 4.38. The zero-order valence-electron chi connectivity index (χ0n) is 16.4. The Hall–Kier alpha value is -2.53. The molecule has 1 saturated heterocycles. The van der Waals surface area contributed by atoms with Crippen molar-refractivity contribution in [2.75, 3.05) is 26.2 Å². The van der Waals surface area contributed by atoms with Gasteiger partial charge < -0.3 is 4.90 Å². The van der Waals surface area contributed by atoms with Crippen molar-refractivity contribution in [3.05, 3.63) is 83.4 Å². The maximum Gasteiger partial charge on any atom is 0.226 e. The molecule has 1 aliphatic carbocycles.